The van der Waals surface area contributed by atoms with Crippen LogP contribution in [0.25, 0.3) is 0 Å². The van der Waals surface area contributed by atoms with Crippen molar-refractivity contribution in [3.63, 3.8) is 0 Å². The number of rotatable bonds is 4. The molecule has 1 aromatic rings. The third-order valence-electron chi connectivity index (χ3n) is 2.32. The summed E-state index contributed by atoms with van der Waals surface area (Å²) in [5.41, 5.74) is 5.71. The third kappa shape index (κ3) is 3.20. The fourth-order valence-electron chi connectivity index (χ4n) is 1.25. The topological polar surface area (TPSA) is 95.3 Å². The highest BCUT2D eigenvalue weighted by atomic mass is 16.2. The molecule has 0 aromatic carbocycles. The zero-order chi connectivity index (χ0) is 13.0. The van der Waals surface area contributed by atoms with E-state index in [0.717, 1.165) is 0 Å². The molecule has 0 bridgehead atoms. The van der Waals surface area contributed by atoms with Crippen LogP contribution in [0.5, 0.6) is 0 Å². The number of aromatic amines is 1. The van der Waals surface area contributed by atoms with Gasteiger partial charge in [-0.25, -0.2) is 0 Å². The minimum absolute atomic E-state index is 0.0429. The molecule has 17 heavy (non-hydrogen) atoms. The number of hydrogen-bond donors (Lipinski definition) is 2. The molecule has 7 nitrogen and oxygen atoms in total. The number of H-pyrrole nitrogens is 1. The number of carbonyl (C=O) groups is 2. The van der Waals surface area contributed by atoms with Gasteiger partial charge in [0.15, 0.2) is 0 Å². The molecule has 0 aliphatic rings. The lowest BCUT2D eigenvalue weighted by molar-refractivity contribution is -0.129. The maximum Gasteiger partial charge on any atom is 0.272 e. The molecule has 0 radical (unpaired) electrons. The van der Waals surface area contributed by atoms with Crippen LogP contribution in [0.3, 0.4) is 0 Å². The summed E-state index contributed by atoms with van der Waals surface area (Å²) < 4.78 is 0. The van der Waals surface area contributed by atoms with Gasteiger partial charge in [0.1, 0.15) is 18.1 Å². The minimum Gasteiger partial charge on any atom is -0.382 e. The van der Waals surface area contributed by atoms with E-state index in [9.17, 15) is 9.59 Å². The van der Waals surface area contributed by atoms with Gasteiger partial charge in [-0.15, -0.1) is 0 Å². The number of nitrogen functional groups attached to an aromatic ring is 1. The highest BCUT2D eigenvalue weighted by Gasteiger charge is 2.19. The smallest absolute Gasteiger partial charge is 0.272 e. The molecule has 0 saturated carbocycles. The van der Waals surface area contributed by atoms with Crippen molar-refractivity contribution < 1.29 is 9.59 Å². The second-order valence-electron chi connectivity index (χ2n) is 3.81. The van der Waals surface area contributed by atoms with Crippen molar-refractivity contribution in [1.82, 2.24) is 20.0 Å². The number of aromatic nitrogens is 2. The lowest BCUT2D eigenvalue weighted by atomic mass is 10.3. The van der Waals surface area contributed by atoms with Gasteiger partial charge in [0, 0.05) is 26.7 Å². The molecular weight excluding hydrogens is 222 g/mol. The van der Waals surface area contributed by atoms with Gasteiger partial charge in [-0.3, -0.25) is 14.7 Å². The number of amides is 2. The van der Waals surface area contributed by atoms with Crippen LogP contribution in [0.1, 0.15) is 17.4 Å². The van der Waals surface area contributed by atoms with E-state index in [1.54, 1.807) is 21.0 Å². The average Bonchev–Trinajstić information content (AvgIpc) is 2.71. The SMILES string of the molecule is CCN(CC(=O)N(C)C)C(=O)c1cc(N)n[nH]1. The largest absolute Gasteiger partial charge is 0.382 e. The van der Waals surface area contributed by atoms with Crippen LogP contribution in [0.4, 0.5) is 5.82 Å². The quantitative estimate of drug-likeness (QED) is 0.743. The van der Waals surface area contributed by atoms with Crippen molar-refractivity contribution in [2.75, 3.05) is 32.9 Å². The Morgan fingerprint density at radius 3 is 2.53 bits per heavy atom. The van der Waals surface area contributed by atoms with Crippen LogP contribution in [-0.4, -0.2) is 59.0 Å². The molecule has 1 aromatic heterocycles. The van der Waals surface area contributed by atoms with Crippen molar-refractivity contribution in [1.29, 1.82) is 0 Å². The van der Waals surface area contributed by atoms with Gasteiger partial charge in [-0.1, -0.05) is 0 Å². The average molecular weight is 239 g/mol. The fourth-order valence-corrected chi connectivity index (χ4v) is 1.25. The number of hydrogen-bond acceptors (Lipinski definition) is 4. The molecule has 0 saturated heterocycles. The lowest BCUT2D eigenvalue weighted by Gasteiger charge is -2.21. The maximum absolute atomic E-state index is 12.0. The van der Waals surface area contributed by atoms with E-state index < -0.39 is 0 Å². The Balaban J connectivity index is 2.74. The summed E-state index contributed by atoms with van der Waals surface area (Å²) in [7, 11) is 3.30. The fraction of sp³-hybridized carbons (Fsp3) is 0.500. The molecule has 0 atom stereocenters. The number of nitrogens with two attached hydrogens (primary N) is 1. The summed E-state index contributed by atoms with van der Waals surface area (Å²) in [6, 6.07) is 1.45. The Bertz CT molecular complexity index is 413. The van der Waals surface area contributed by atoms with E-state index in [1.165, 1.54) is 15.9 Å². The van der Waals surface area contributed by atoms with Crippen LogP contribution in [0.2, 0.25) is 0 Å². The first-order valence-electron chi connectivity index (χ1n) is 5.26. The van der Waals surface area contributed by atoms with E-state index in [1.807, 2.05) is 0 Å². The van der Waals surface area contributed by atoms with E-state index in [4.69, 9.17) is 5.73 Å². The standard InChI is InChI=1S/C10H17N5O2/c1-4-15(6-9(16)14(2)3)10(17)7-5-8(11)13-12-7/h5H,4,6H2,1-3H3,(H3,11,12,13). The van der Waals surface area contributed by atoms with Gasteiger partial charge in [0.25, 0.3) is 5.91 Å². The van der Waals surface area contributed by atoms with E-state index in [0.29, 0.717) is 6.54 Å². The van der Waals surface area contributed by atoms with Crippen LogP contribution in [0, 0.1) is 0 Å². The Labute approximate surface area is 99.6 Å². The van der Waals surface area contributed by atoms with Gasteiger partial charge in [-0.05, 0) is 6.92 Å². The number of nitrogens with one attached hydrogen (secondary N) is 1. The summed E-state index contributed by atoms with van der Waals surface area (Å²) in [5, 5.41) is 6.21. The van der Waals surface area contributed by atoms with Gasteiger partial charge in [0.2, 0.25) is 5.91 Å². The second-order valence-corrected chi connectivity index (χ2v) is 3.81. The Morgan fingerprint density at radius 2 is 2.12 bits per heavy atom. The molecule has 1 rings (SSSR count). The van der Waals surface area contributed by atoms with Crippen molar-refractivity contribution in [2.24, 2.45) is 0 Å². The van der Waals surface area contributed by atoms with Crippen molar-refractivity contribution in [3.8, 4) is 0 Å². The lowest BCUT2D eigenvalue weighted by Crippen LogP contribution is -2.40. The first-order valence-corrected chi connectivity index (χ1v) is 5.26. The summed E-state index contributed by atoms with van der Waals surface area (Å²) in [5.74, 6) is -0.164. The first-order chi connectivity index (χ1) is 7.95. The zero-order valence-corrected chi connectivity index (χ0v) is 10.2. The monoisotopic (exact) mass is 239 g/mol. The number of anilines is 1. The number of likely N-dealkylation sites (N-methyl/N-ethyl adjacent to an activating group) is 2. The Hall–Kier alpha value is -2.05. The summed E-state index contributed by atoms with van der Waals surface area (Å²) in [6.45, 7) is 2.29. The van der Waals surface area contributed by atoms with Crippen LogP contribution < -0.4 is 5.73 Å². The highest BCUT2D eigenvalue weighted by molar-refractivity contribution is 5.95. The summed E-state index contributed by atoms with van der Waals surface area (Å²) in [6.07, 6.45) is 0. The van der Waals surface area contributed by atoms with Crippen molar-refractivity contribution >= 4 is 17.6 Å². The molecule has 2 amide bonds. The molecule has 7 heteroatoms. The zero-order valence-electron chi connectivity index (χ0n) is 10.2. The van der Waals surface area contributed by atoms with Gasteiger partial charge >= 0.3 is 0 Å². The third-order valence-corrected chi connectivity index (χ3v) is 2.32. The first kappa shape index (κ1) is 13.0. The van der Waals surface area contributed by atoms with Gasteiger partial charge in [0.05, 0.1) is 0 Å². The van der Waals surface area contributed by atoms with Gasteiger partial charge < -0.3 is 15.5 Å². The number of carbonyl (C=O) groups excluding carboxylic acids is 2. The molecule has 0 aliphatic carbocycles. The Kier molecular flexibility index (Phi) is 4.08. The molecule has 0 spiro atoms. The summed E-state index contributed by atoms with van der Waals surface area (Å²) >= 11 is 0. The van der Waals surface area contributed by atoms with E-state index in [-0.39, 0.29) is 29.9 Å². The van der Waals surface area contributed by atoms with E-state index in [2.05, 4.69) is 10.2 Å². The van der Waals surface area contributed by atoms with Crippen molar-refractivity contribution in [2.45, 2.75) is 6.92 Å². The predicted octanol–water partition coefficient (Wildman–Crippen LogP) is -0.458. The normalized spacial score (nSPS) is 10.1. The molecular formula is C10H17N5O2. The molecule has 94 valence electrons. The van der Waals surface area contributed by atoms with Crippen LogP contribution >= 0.6 is 0 Å². The van der Waals surface area contributed by atoms with Crippen molar-refractivity contribution in [3.05, 3.63) is 11.8 Å². The van der Waals surface area contributed by atoms with E-state index >= 15 is 0 Å². The Morgan fingerprint density at radius 1 is 1.47 bits per heavy atom. The second kappa shape index (κ2) is 5.33. The maximum atomic E-state index is 12.0. The molecule has 3 N–H and O–H groups in total. The highest BCUT2D eigenvalue weighted by Crippen LogP contribution is 2.05. The summed E-state index contributed by atoms with van der Waals surface area (Å²) in [4.78, 5) is 26.4. The molecule has 1 heterocycles. The van der Waals surface area contributed by atoms with Gasteiger partial charge in [-0.2, -0.15) is 5.10 Å². The minimum atomic E-state index is -0.285. The number of nitrogens with zero attached hydrogens (tertiary/aromatic N) is 3. The predicted molar refractivity (Wildman–Crippen MR) is 63.3 cm³/mol. The molecule has 0 unspecified atom stereocenters. The molecule has 0 aliphatic heterocycles. The van der Waals surface area contributed by atoms with Crippen LogP contribution in [-0.2, 0) is 4.79 Å². The molecule has 0 fully saturated rings. The van der Waals surface area contributed by atoms with Crippen LogP contribution in [0.15, 0.2) is 6.07 Å².